The van der Waals surface area contributed by atoms with Crippen molar-refractivity contribution in [3.05, 3.63) is 28.8 Å². The van der Waals surface area contributed by atoms with Crippen molar-refractivity contribution in [2.45, 2.75) is 45.4 Å². The molecule has 0 saturated heterocycles. The van der Waals surface area contributed by atoms with Gasteiger partial charge in [-0.15, -0.1) is 0 Å². The fourth-order valence-electron chi connectivity index (χ4n) is 1.67. The van der Waals surface area contributed by atoms with Gasteiger partial charge in [0.2, 0.25) is 0 Å². The average molecular weight is 227 g/mol. The molecule has 0 aliphatic carbocycles. The van der Waals surface area contributed by atoms with Crippen LogP contribution in [0.15, 0.2) is 18.2 Å². The number of benzene rings is 1. The number of phenols is 1. The van der Waals surface area contributed by atoms with Crippen LogP contribution < -0.4 is 0 Å². The van der Waals surface area contributed by atoms with Crippen molar-refractivity contribution in [1.29, 1.82) is 0 Å². The van der Waals surface area contributed by atoms with Crippen molar-refractivity contribution in [2.75, 3.05) is 0 Å². The first-order valence-electron chi connectivity index (χ1n) is 5.71. The highest BCUT2D eigenvalue weighted by atomic mass is 35.5. The van der Waals surface area contributed by atoms with Crippen molar-refractivity contribution in [3.8, 4) is 5.75 Å². The van der Waals surface area contributed by atoms with Crippen LogP contribution >= 0.6 is 11.6 Å². The van der Waals surface area contributed by atoms with Crippen LogP contribution in [-0.4, -0.2) is 5.11 Å². The maximum atomic E-state index is 9.61. The summed E-state index contributed by atoms with van der Waals surface area (Å²) in [6, 6.07) is 5.36. The number of aryl methyl sites for hydroxylation is 1. The van der Waals surface area contributed by atoms with E-state index in [2.05, 4.69) is 6.92 Å². The first-order valence-corrected chi connectivity index (χ1v) is 6.09. The third-order valence-corrected chi connectivity index (χ3v) is 2.83. The maximum absolute atomic E-state index is 9.61. The molecule has 0 aliphatic heterocycles. The Labute approximate surface area is 97.1 Å². The third-order valence-electron chi connectivity index (χ3n) is 2.60. The Balaban J connectivity index is 2.31. The van der Waals surface area contributed by atoms with Gasteiger partial charge in [0.05, 0.1) is 0 Å². The lowest BCUT2D eigenvalue weighted by molar-refractivity contribution is 0.466. The minimum atomic E-state index is 0.331. The number of unbranched alkanes of at least 4 members (excludes halogenated alkanes) is 4. The molecule has 1 nitrogen and oxygen atoms in total. The number of phenolic OH excluding ortho intramolecular Hbond substituents is 1. The van der Waals surface area contributed by atoms with Crippen LogP contribution in [0.5, 0.6) is 5.75 Å². The van der Waals surface area contributed by atoms with E-state index in [1.165, 1.54) is 25.7 Å². The Kier molecular flexibility index (Phi) is 5.56. The first-order chi connectivity index (χ1) is 7.24. The van der Waals surface area contributed by atoms with E-state index in [0.717, 1.165) is 18.4 Å². The Morgan fingerprint density at radius 2 is 1.87 bits per heavy atom. The van der Waals surface area contributed by atoms with Gasteiger partial charge in [0.1, 0.15) is 5.75 Å². The van der Waals surface area contributed by atoms with Crippen molar-refractivity contribution >= 4 is 11.6 Å². The fourth-order valence-corrected chi connectivity index (χ4v) is 1.83. The molecule has 15 heavy (non-hydrogen) atoms. The number of rotatable bonds is 6. The Morgan fingerprint density at radius 3 is 2.53 bits per heavy atom. The topological polar surface area (TPSA) is 20.2 Å². The lowest BCUT2D eigenvalue weighted by atomic mass is 10.0. The predicted molar refractivity (Wildman–Crippen MR) is 65.6 cm³/mol. The minimum Gasteiger partial charge on any atom is -0.508 e. The lowest BCUT2D eigenvalue weighted by Crippen LogP contribution is -1.87. The quantitative estimate of drug-likeness (QED) is 0.706. The number of hydrogen-bond acceptors (Lipinski definition) is 1. The zero-order valence-electron chi connectivity index (χ0n) is 9.30. The smallest absolute Gasteiger partial charge is 0.120 e. The van der Waals surface area contributed by atoms with Gasteiger partial charge in [-0.1, -0.05) is 50.3 Å². The summed E-state index contributed by atoms with van der Waals surface area (Å²) >= 11 is 5.76. The standard InChI is InChI=1S/C13H19ClO/c1-2-3-4-5-6-7-11-8-9-12(14)10-13(11)15/h8-10,15H,2-7H2,1H3. The van der Waals surface area contributed by atoms with Gasteiger partial charge in [-0.3, -0.25) is 0 Å². The van der Waals surface area contributed by atoms with Gasteiger partial charge >= 0.3 is 0 Å². The predicted octanol–water partition coefficient (Wildman–Crippen LogP) is 4.56. The molecule has 1 N–H and O–H groups in total. The van der Waals surface area contributed by atoms with E-state index in [4.69, 9.17) is 11.6 Å². The molecule has 0 unspecified atom stereocenters. The zero-order chi connectivity index (χ0) is 11.1. The third kappa shape index (κ3) is 4.57. The summed E-state index contributed by atoms with van der Waals surface area (Å²) in [6.07, 6.45) is 7.22. The van der Waals surface area contributed by atoms with Crippen LogP contribution in [0.2, 0.25) is 5.02 Å². The Morgan fingerprint density at radius 1 is 1.13 bits per heavy atom. The fraction of sp³-hybridized carbons (Fsp3) is 0.538. The Hall–Kier alpha value is -0.690. The highest BCUT2D eigenvalue weighted by Crippen LogP contribution is 2.23. The van der Waals surface area contributed by atoms with Crippen LogP contribution in [0.4, 0.5) is 0 Å². The van der Waals surface area contributed by atoms with Crippen LogP contribution in [0.3, 0.4) is 0 Å². The molecule has 0 radical (unpaired) electrons. The second kappa shape index (κ2) is 6.73. The summed E-state index contributed by atoms with van der Waals surface area (Å²) in [5, 5.41) is 10.2. The molecule has 1 rings (SSSR count). The molecular weight excluding hydrogens is 208 g/mol. The van der Waals surface area contributed by atoms with E-state index in [0.29, 0.717) is 10.8 Å². The molecule has 2 heteroatoms. The van der Waals surface area contributed by atoms with Crippen LogP contribution in [0.1, 0.15) is 44.6 Å². The molecule has 1 aromatic rings. The molecular formula is C13H19ClO. The molecule has 0 heterocycles. The second-order valence-corrected chi connectivity index (χ2v) is 4.37. The van der Waals surface area contributed by atoms with Crippen LogP contribution in [-0.2, 0) is 6.42 Å². The highest BCUT2D eigenvalue weighted by molar-refractivity contribution is 6.30. The largest absolute Gasteiger partial charge is 0.508 e. The molecule has 0 aliphatic rings. The van der Waals surface area contributed by atoms with Gasteiger partial charge in [0.25, 0.3) is 0 Å². The first kappa shape index (κ1) is 12.4. The molecule has 0 amide bonds. The molecule has 0 aromatic heterocycles. The van der Waals surface area contributed by atoms with E-state index in [1.54, 1.807) is 6.07 Å². The molecule has 1 aromatic carbocycles. The van der Waals surface area contributed by atoms with Gasteiger partial charge in [-0.2, -0.15) is 0 Å². The summed E-state index contributed by atoms with van der Waals surface area (Å²) in [6.45, 7) is 2.21. The monoisotopic (exact) mass is 226 g/mol. The molecule has 0 saturated carbocycles. The van der Waals surface area contributed by atoms with Crippen molar-refractivity contribution in [3.63, 3.8) is 0 Å². The van der Waals surface area contributed by atoms with Crippen LogP contribution in [0.25, 0.3) is 0 Å². The lowest BCUT2D eigenvalue weighted by Gasteiger charge is -2.04. The maximum Gasteiger partial charge on any atom is 0.120 e. The summed E-state index contributed by atoms with van der Waals surface area (Å²) in [5.74, 6) is 0.331. The highest BCUT2D eigenvalue weighted by Gasteiger charge is 2.01. The van der Waals surface area contributed by atoms with Gasteiger partial charge < -0.3 is 5.11 Å². The van der Waals surface area contributed by atoms with Gasteiger partial charge in [-0.05, 0) is 30.5 Å². The SMILES string of the molecule is CCCCCCCc1ccc(Cl)cc1O. The Bertz CT molecular complexity index is 297. The van der Waals surface area contributed by atoms with E-state index < -0.39 is 0 Å². The van der Waals surface area contributed by atoms with E-state index in [-0.39, 0.29) is 0 Å². The second-order valence-electron chi connectivity index (χ2n) is 3.94. The normalized spacial score (nSPS) is 10.5. The average Bonchev–Trinajstić information content (AvgIpc) is 2.20. The van der Waals surface area contributed by atoms with E-state index >= 15 is 0 Å². The van der Waals surface area contributed by atoms with E-state index in [9.17, 15) is 5.11 Å². The molecule has 0 atom stereocenters. The number of halogens is 1. The summed E-state index contributed by atoms with van der Waals surface area (Å²) < 4.78 is 0. The van der Waals surface area contributed by atoms with E-state index in [1.807, 2.05) is 12.1 Å². The summed E-state index contributed by atoms with van der Waals surface area (Å²) in [4.78, 5) is 0. The van der Waals surface area contributed by atoms with Crippen molar-refractivity contribution < 1.29 is 5.11 Å². The molecule has 0 fully saturated rings. The molecule has 84 valence electrons. The molecule has 0 spiro atoms. The van der Waals surface area contributed by atoms with Gasteiger partial charge in [-0.25, -0.2) is 0 Å². The minimum absolute atomic E-state index is 0.331. The molecule has 0 bridgehead atoms. The van der Waals surface area contributed by atoms with Gasteiger partial charge in [0, 0.05) is 5.02 Å². The summed E-state index contributed by atoms with van der Waals surface area (Å²) in [5.41, 5.74) is 1.01. The zero-order valence-corrected chi connectivity index (χ0v) is 10.1. The van der Waals surface area contributed by atoms with Crippen molar-refractivity contribution in [1.82, 2.24) is 0 Å². The summed E-state index contributed by atoms with van der Waals surface area (Å²) in [7, 11) is 0. The number of aromatic hydroxyl groups is 1. The van der Waals surface area contributed by atoms with Gasteiger partial charge in [0.15, 0.2) is 0 Å². The number of hydrogen-bond donors (Lipinski definition) is 1. The van der Waals surface area contributed by atoms with Crippen LogP contribution in [0, 0.1) is 0 Å². The van der Waals surface area contributed by atoms with Crippen molar-refractivity contribution in [2.24, 2.45) is 0 Å².